The molecule has 0 atom stereocenters. The highest BCUT2D eigenvalue weighted by atomic mass is 19.4. The van der Waals surface area contributed by atoms with Crippen molar-refractivity contribution in [2.24, 2.45) is 0 Å². The number of pyridine rings is 1. The van der Waals surface area contributed by atoms with Gasteiger partial charge in [0.2, 0.25) is 0 Å². The fourth-order valence-electron chi connectivity index (χ4n) is 2.09. The van der Waals surface area contributed by atoms with Crippen LogP contribution >= 0.6 is 0 Å². The number of amides is 2. The van der Waals surface area contributed by atoms with Crippen molar-refractivity contribution < 1.29 is 27.4 Å². The topological polar surface area (TPSA) is 72.5 Å². The van der Waals surface area contributed by atoms with Gasteiger partial charge in [-0.2, -0.15) is 13.2 Å². The molecule has 1 aliphatic heterocycles. The van der Waals surface area contributed by atoms with Crippen molar-refractivity contribution in [1.82, 2.24) is 10.3 Å². The van der Waals surface area contributed by atoms with Crippen molar-refractivity contribution >= 4 is 11.8 Å². The van der Waals surface area contributed by atoms with Crippen LogP contribution in [0.3, 0.4) is 0 Å². The summed E-state index contributed by atoms with van der Waals surface area (Å²) in [5.74, 6) is -3.42. The van der Waals surface area contributed by atoms with E-state index in [0.717, 1.165) is 0 Å². The van der Waals surface area contributed by atoms with Gasteiger partial charge >= 0.3 is 18.1 Å². The van der Waals surface area contributed by atoms with Gasteiger partial charge in [-0.1, -0.05) is 18.2 Å². The number of carbonyl (C=O) groups is 1. The van der Waals surface area contributed by atoms with Gasteiger partial charge in [0.05, 0.1) is 0 Å². The molecule has 2 aromatic rings. The second kappa shape index (κ2) is 5.59. The lowest BCUT2D eigenvalue weighted by atomic mass is 10.3. The number of hydrogen-bond donors (Lipinski definition) is 2. The Morgan fingerprint density at radius 1 is 1.12 bits per heavy atom. The van der Waals surface area contributed by atoms with E-state index in [1.807, 2.05) is 0 Å². The number of alkyl halides is 3. The highest BCUT2D eigenvalue weighted by Gasteiger charge is 2.65. The summed E-state index contributed by atoms with van der Waals surface area (Å²) in [6.45, 7) is 1.65. The van der Waals surface area contributed by atoms with E-state index in [1.54, 1.807) is 24.4 Å². The first-order valence-corrected chi connectivity index (χ1v) is 6.85. The first kappa shape index (κ1) is 15.9. The number of hydrogen-bond acceptors (Lipinski definition) is 4. The summed E-state index contributed by atoms with van der Waals surface area (Å²) < 4.78 is 50.1. The van der Waals surface area contributed by atoms with Crippen LogP contribution in [0.15, 0.2) is 42.6 Å². The molecule has 0 saturated heterocycles. The minimum Gasteiger partial charge on any atom is -0.424 e. The molecule has 0 bridgehead atoms. The first-order valence-electron chi connectivity index (χ1n) is 6.85. The lowest BCUT2D eigenvalue weighted by Gasteiger charge is -2.29. The van der Waals surface area contributed by atoms with E-state index in [-0.39, 0.29) is 17.3 Å². The summed E-state index contributed by atoms with van der Waals surface area (Å²) in [5, 5.41) is 3.94. The quantitative estimate of drug-likeness (QED) is 0.881. The monoisotopic (exact) mass is 339 g/mol. The number of nitrogens with one attached hydrogen (secondary N) is 2. The molecule has 3 rings (SSSR count). The molecule has 1 aromatic heterocycles. The lowest BCUT2D eigenvalue weighted by Crippen LogP contribution is -2.65. The molecule has 0 fully saturated rings. The van der Waals surface area contributed by atoms with Crippen molar-refractivity contribution in [3.05, 3.63) is 48.2 Å². The fraction of sp³-hybridized carbons (Fsp3) is 0.200. The SMILES string of the molecule is Cc1cccnc1NC(=O)NC1(C(F)(F)F)Oc2ccccc2O1. The van der Waals surface area contributed by atoms with E-state index < -0.39 is 18.1 Å². The van der Waals surface area contributed by atoms with E-state index >= 15 is 0 Å². The first-order chi connectivity index (χ1) is 11.3. The molecule has 0 saturated carbocycles. The number of nitrogens with zero attached hydrogens (tertiary/aromatic N) is 1. The van der Waals surface area contributed by atoms with Crippen molar-refractivity contribution in [1.29, 1.82) is 0 Å². The zero-order valence-corrected chi connectivity index (χ0v) is 12.3. The molecule has 1 aromatic carbocycles. The van der Waals surface area contributed by atoms with Gasteiger partial charge in [-0.25, -0.2) is 9.78 Å². The zero-order valence-electron chi connectivity index (χ0n) is 12.3. The van der Waals surface area contributed by atoms with Gasteiger partial charge in [-0.3, -0.25) is 10.6 Å². The third kappa shape index (κ3) is 2.80. The van der Waals surface area contributed by atoms with Crippen LogP contribution in [0.2, 0.25) is 0 Å². The molecule has 0 radical (unpaired) electrons. The Hall–Kier alpha value is -2.97. The summed E-state index contributed by atoms with van der Waals surface area (Å²) in [5.41, 5.74) is 0.588. The maximum absolute atomic E-state index is 13.5. The number of rotatable bonds is 2. The molecule has 2 heterocycles. The minimum atomic E-state index is -5.01. The van der Waals surface area contributed by atoms with Gasteiger partial charge in [0, 0.05) is 6.20 Å². The van der Waals surface area contributed by atoms with E-state index in [4.69, 9.17) is 9.47 Å². The van der Waals surface area contributed by atoms with E-state index in [9.17, 15) is 18.0 Å². The number of carbonyl (C=O) groups excluding carboxylic acids is 1. The van der Waals surface area contributed by atoms with E-state index in [0.29, 0.717) is 5.56 Å². The van der Waals surface area contributed by atoms with Crippen molar-refractivity contribution in [2.45, 2.75) is 19.0 Å². The summed E-state index contributed by atoms with van der Waals surface area (Å²) in [6, 6.07) is 7.73. The molecule has 0 aliphatic carbocycles. The Morgan fingerprint density at radius 2 is 1.75 bits per heavy atom. The highest BCUT2D eigenvalue weighted by molar-refractivity contribution is 5.89. The third-order valence-electron chi connectivity index (χ3n) is 3.25. The highest BCUT2D eigenvalue weighted by Crippen LogP contribution is 2.44. The molecule has 2 amide bonds. The number of halogens is 3. The number of urea groups is 1. The van der Waals surface area contributed by atoms with Crippen LogP contribution in [-0.4, -0.2) is 23.1 Å². The standard InChI is InChI=1S/C15H12F3N3O3/c1-9-5-4-8-19-12(9)20-13(22)21-15(14(16,17)18)23-10-6-2-3-7-11(10)24-15/h2-8H,1H3,(H2,19,20,21,22). The van der Waals surface area contributed by atoms with Gasteiger partial charge in [0.15, 0.2) is 11.5 Å². The van der Waals surface area contributed by atoms with E-state index in [1.165, 1.54) is 30.5 Å². The smallest absolute Gasteiger partial charge is 0.424 e. The van der Waals surface area contributed by atoms with Crippen LogP contribution in [0.1, 0.15) is 5.56 Å². The average molecular weight is 339 g/mol. The molecule has 2 N–H and O–H groups in total. The Kier molecular flexibility index (Phi) is 3.70. The Labute approximate surface area is 134 Å². The number of aryl methyl sites for hydroxylation is 1. The predicted octanol–water partition coefficient (Wildman–Crippen LogP) is 3.20. The van der Waals surface area contributed by atoms with Crippen molar-refractivity contribution in [3.63, 3.8) is 0 Å². The summed E-state index contributed by atoms with van der Waals surface area (Å²) >= 11 is 0. The number of ether oxygens (including phenoxy) is 2. The summed E-state index contributed by atoms with van der Waals surface area (Å²) in [7, 11) is 0. The van der Waals surface area contributed by atoms with Crippen molar-refractivity contribution in [3.8, 4) is 11.5 Å². The maximum Gasteiger partial charge on any atom is 0.492 e. The number of benzene rings is 1. The third-order valence-corrected chi connectivity index (χ3v) is 3.25. The van der Waals surface area contributed by atoms with Gasteiger partial charge in [0.1, 0.15) is 5.82 Å². The van der Waals surface area contributed by atoms with Gasteiger partial charge in [0.25, 0.3) is 0 Å². The molecule has 1 aliphatic rings. The van der Waals surface area contributed by atoms with Crippen LogP contribution in [0, 0.1) is 6.92 Å². The van der Waals surface area contributed by atoms with Crippen LogP contribution in [0.5, 0.6) is 11.5 Å². The number of aromatic nitrogens is 1. The van der Waals surface area contributed by atoms with Crippen LogP contribution in [0.25, 0.3) is 0 Å². The Morgan fingerprint density at radius 3 is 2.29 bits per heavy atom. The zero-order chi connectivity index (χ0) is 17.4. The molecular weight excluding hydrogens is 327 g/mol. The second-order valence-electron chi connectivity index (χ2n) is 5.01. The molecule has 24 heavy (non-hydrogen) atoms. The van der Waals surface area contributed by atoms with Gasteiger partial charge < -0.3 is 9.47 Å². The normalized spacial score (nSPS) is 15.0. The van der Waals surface area contributed by atoms with E-state index in [2.05, 4.69) is 10.3 Å². The average Bonchev–Trinajstić information content (AvgIpc) is 2.88. The summed E-state index contributed by atoms with van der Waals surface area (Å²) in [4.78, 5) is 15.9. The summed E-state index contributed by atoms with van der Waals surface area (Å²) in [6.07, 6.45) is -3.61. The van der Waals surface area contributed by atoms with Crippen LogP contribution in [0.4, 0.5) is 23.8 Å². The van der Waals surface area contributed by atoms with Crippen molar-refractivity contribution in [2.75, 3.05) is 5.32 Å². The molecule has 0 spiro atoms. The molecule has 126 valence electrons. The predicted molar refractivity (Wildman–Crippen MR) is 77.6 cm³/mol. The Balaban J connectivity index is 1.82. The maximum atomic E-state index is 13.5. The fourth-order valence-corrected chi connectivity index (χ4v) is 2.09. The number of para-hydroxylation sites is 2. The van der Waals surface area contributed by atoms with Crippen LogP contribution < -0.4 is 20.1 Å². The van der Waals surface area contributed by atoms with Gasteiger partial charge in [-0.15, -0.1) is 0 Å². The lowest BCUT2D eigenvalue weighted by molar-refractivity contribution is -0.317. The second-order valence-corrected chi connectivity index (χ2v) is 5.01. The Bertz CT molecular complexity index is 755. The molecular formula is C15H12F3N3O3. The van der Waals surface area contributed by atoms with Crippen LogP contribution in [-0.2, 0) is 0 Å². The molecule has 6 nitrogen and oxygen atoms in total. The largest absolute Gasteiger partial charge is 0.492 e. The minimum absolute atomic E-state index is 0.121. The number of fused-ring (bicyclic) bond motifs is 1. The molecule has 9 heteroatoms. The van der Waals surface area contributed by atoms with Gasteiger partial charge in [-0.05, 0) is 30.7 Å². The number of anilines is 1. The molecule has 0 unspecified atom stereocenters.